The van der Waals surface area contributed by atoms with E-state index in [0.717, 1.165) is 18.9 Å². The summed E-state index contributed by atoms with van der Waals surface area (Å²) in [5.74, 6) is 1.67. The Labute approximate surface area is 138 Å². The summed E-state index contributed by atoms with van der Waals surface area (Å²) >= 11 is 0. The van der Waals surface area contributed by atoms with Crippen molar-refractivity contribution in [3.8, 4) is 6.07 Å². The molecule has 1 aromatic carbocycles. The first kappa shape index (κ1) is 15.5. The van der Waals surface area contributed by atoms with Crippen molar-refractivity contribution in [3.05, 3.63) is 47.2 Å². The van der Waals surface area contributed by atoms with Gasteiger partial charge in [-0.25, -0.2) is 0 Å². The predicted molar refractivity (Wildman–Crippen MR) is 94.5 cm³/mol. The summed E-state index contributed by atoms with van der Waals surface area (Å²) in [6.07, 6.45) is 2.44. The third-order valence-corrected chi connectivity index (χ3v) is 4.59. The Bertz CT molecular complexity index is 738. The minimum Gasteiger partial charge on any atom is -0.396 e. The molecular formula is C19H24N4. The van der Waals surface area contributed by atoms with Gasteiger partial charge in [0.2, 0.25) is 0 Å². The Morgan fingerprint density at radius 2 is 2.17 bits per heavy atom. The summed E-state index contributed by atoms with van der Waals surface area (Å²) in [7, 11) is 0. The van der Waals surface area contributed by atoms with Crippen molar-refractivity contribution in [2.24, 2.45) is 5.92 Å². The average molecular weight is 308 g/mol. The summed E-state index contributed by atoms with van der Waals surface area (Å²) < 4.78 is 2.07. The van der Waals surface area contributed by atoms with Crippen molar-refractivity contribution in [2.45, 2.75) is 33.2 Å². The van der Waals surface area contributed by atoms with E-state index in [0.29, 0.717) is 23.8 Å². The fourth-order valence-corrected chi connectivity index (χ4v) is 3.54. The number of hydrogen-bond donors (Lipinski definition) is 1. The maximum atomic E-state index is 9.49. The smallest absolute Gasteiger partial charge is 0.133 e. The van der Waals surface area contributed by atoms with Crippen LogP contribution in [0, 0.1) is 24.2 Å². The quantitative estimate of drug-likeness (QED) is 0.943. The largest absolute Gasteiger partial charge is 0.396 e. The number of nitrogens with two attached hydrogens (primary N) is 1. The monoisotopic (exact) mass is 308 g/mol. The van der Waals surface area contributed by atoms with Crippen LogP contribution in [-0.2, 0) is 6.54 Å². The van der Waals surface area contributed by atoms with E-state index in [1.165, 1.54) is 24.0 Å². The molecule has 1 aromatic heterocycles. The van der Waals surface area contributed by atoms with Gasteiger partial charge in [0.25, 0.3) is 0 Å². The standard InChI is InChI=1S/C19H24N4/c1-14-5-3-7-16(9-14)13-23-17(11-20)10-18(21)19(23)22-8-4-6-15(2)12-22/h3,5,7,9-10,15H,4,6,8,12-13,21H2,1-2H3. The van der Waals surface area contributed by atoms with Gasteiger partial charge in [-0.2, -0.15) is 5.26 Å². The number of benzene rings is 1. The SMILES string of the molecule is Cc1cccc(Cn2c(C#N)cc(N)c2N2CCCC(C)C2)c1. The van der Waals surface area contributed by atoms with E-state index in [4.69, 9.17) is 5.73 Å². The lowest BCUT2D eigenvalue weighted by atomic mass is 10.0. The molecule has 120 valence electrons. The third kappa shape index (κ3) is 3.19. The Kier molecular flexibility index (Phi) is 4.29. The highest BCUT2D eigenvalue weighted by Crippen LogP contribution is 2.32. The highest BCUT2D eigenvalue weighted by molar-refractivity contribution is 5.68. The number of piperidine rings is 1. The number of rotatable bonds is 3. The van der Waals surface area contributed by atoms with Crippen molar-refractivity contribution in [2.75, 3.05) is 23.7 Å². The Balaban J connectivity index is 1.99. The lowest BCUT2D eigenvalue weighted by Crippen LogP contribution is -2.36. The molecule has 0 saturated carbocycles. The van der Waals surface area contributed by atoms with Crippen molar-refractivity contribution in [1.29, 1.82) is 5.26 Å². The van der Waals surface area contributed by atoms with Crippen LogP contribution < -0.4 is 10.6 Å². The Hall–Kier alpha value is -2.41. The zero-order valence-electron chi connectivity index (χ0n) is 13.9. The minimum absolute atomic E-state index is 0.636. The molecule has 2 aromatic rings. The number of nitriles is 1. The van der Waals surface area contributed by atoms with Gasteiger partial charge >= 0.3 is 0 Å². The third-order valence-electron chi connectivity index (χ3n) is 4.59. The fourth-order valence-electron chi connectivity index (χ4n) is 3.54. The molecular weight excluding hydrogens is 284 g/mol. The second-order valence-electron chi connectivity index (χ2n) is 6.69. The molecule has 2 N–H and O–H groups in total. The summed E-state index contributed by atoms with van der Waals surface area (Å²) in [5.41, 5.74) is 10.0. The van der Waals surface area contributed by atoms with Crippen LogP contribution in [0.2, 0.25) is 0 Å². The topological polar surface area (TPSA) is 58.0 Å². The molecule has 0 spiro atoms. The zero-order chi connectivity index (χ0) is 16.4. The van der Waals surface area contributed by atoms with Crippen molar-refractivity contribution in [3.63, 3.8) is 0 Å². The van der Waals surface area contributed by atoms with Gasteiger partial charge in [0, 0.05) is 13.1 Å². The van der Waals surface area contributed by atoms with Gasteiger partial charge in [-0.3, -0.25) is 0 Å². The molecule has 0 aliphatic carbocycles. The van der Waals surface area contributed by atoms with Crippen LogP contribution in [0.3, 0.4) is 0 Å². The molecule has 4 nitrogen and oxygen atoms in total. The zero-order valence-corrected chi connectivity index (χ0v) is 13.9. The molecule has 23 heavy (non-hydrogen) atoms. The molecule has 0 bridgehead atoms. The minimum atomic E-state index is 0.636. The van der Waals surface area contributed by atoms with Crippen LogP contribution >= 0.6 is 0 Å². The van der Waals surface area contributed by atoms with Crippen LogP contribution in [0.4, 0.5) is 11.5 Å². The lowest BCUT2D eigenvalue weighted by molar-refractivity contribution is 0.441. The van der Waals surface area contributed by atoms with E-state index in [9.17, 15) is 5.26 Å². The highest BCUT2D eigenvalue weighted by Gasteiger charge is 2.23. The number of aromatic nitrogens is 1. The van der Waals surface area contributed by atoms with Gasteiger partial charge in [0.1, 0.15) is 17.6 Å². The number of anilines is 2. The maximum Gasteiger partial charge on any atom is 0.133 e. The molecule has 4 heteroatoms. The normalized spacial score (nSPS) is 18.0. The lowest BCUT2D eigenvalue weighted by Gasteiger charge is -2.34. The number of nitrogens with zero attached hydrogens (tertiary/aromatic N) is 3. The van der Waals surface area contributed by atoms with Crippen LogP contribution in [0.1, 0.15) is 36.6 Å². The summed E-state index contributed by atoms with van der Waals surface area (Å²) in [4.78, 5) is 2.35. The van der Waals surface area contributed by atoms with Gasteiger partial charge in [-0.05, 0) is 37.3 Å². The van der Waals surface area contributed by atoms with Gasteiger partial charge in [0.15, 0.2) is 0 Å². The predicted octanol–water partition coefficient (Wildman–Crippen LogP) is 3.54. The molecule has 3 rings (SSSR count). The molecule has 1 atom stereocenters. The second-order valence-corrected chi connectivity index (χ2v) is 6.69. The van der Waals surface area contributed by atoms with E-state index < -0.39 is 0 Å². The average Bonchev–Trinajstić information content (AvgIpc) is 2.83. The molecule has 1 unspecified atom stereocenters. The molecule has 1 saturated heterocycles. The number of nitrogen functional groups attached to an aromatic ring is 1. The first-order chi connectivity index (χ1) is 11.1. The van der Waals surface area contributed by atoms with Gasteiger partial charge in [-0.15, -0.1) is 0 Å². The van der Waals surface area contributed by atoms with Crippen LogP contribution in [0.15, 0.2) is 30.3 Å². The van der Waals surface area contributed by atoms with E-state index in [1.807, 2.05) is 6.07 Å². The molecule has 1 aliphatic rings. The first-order valence-corrected chi connectivity index (χ1v) is 8.28. The van der Waals surface area contributed by atoms with Crippen molar-refractivity contribution in [1.82, 2.24) is 4.57 Å². The van der Waals surface area contributed by atoms with E-state index in [1.54, 1.807) is 0 Å². The first-order valence-electron chi connectivity index (χ1n) is 8.28. The summed E-state index contributed by atoms with van der Waals surface area (Å²) in [6, 6.07) is 12.5. The molecule has 2 heterocycles. The molecule has 1 aliphatic heterocycles. The summed E-state index contributed by atoms with van der Waals surface area (Å²) in [6.45, 7) is 7.07. The fraction of sp³-hybridized carbons (Fsp3) is 0.421. The van der Waals surface area contributed by atoms with Crippen molar-refractivity contribution < 1.29 is 0 Å². The van der Waals surface area contributed by atoms with Gasteiger partial charge < -0.3 is 15.2 Å². The Morgan fingerprint density at radius 3 is 2.87 bits per heavy atom. The van der Waals surface area contributed by atoms with E-state index in [2.05, 4.69) is 53.6 Å². The molecule has 0 amide bonds. The summed E-state index contributed by atoms with van der Waals surface area (Å²) in [5, 5.41) is 9.49. The van der Waals surface area contributed by atoms with E-state index >= 15 is 0 Å². The van der Waals surface area contributed by atoms with Gasteiger partial charge in [-0.1, -0.05) is 36.8 Å². The number of aryl methyl sites for hydroxylation is 1. The van der Waals surface area contributed by atoms with Crippen LogP contribution in [0.5, 0.6) is 0 Å². The molecule has 0 radical (unpaired) electrons. The Morgan fingerprint density at radius 1 is 1.35 bits per heavy atom. The van der Waals surface area contributed by atoms with Gasteiger partial charge in [0.05, 0.1) is 12.2 Å². The van der Waals surface area contributed by atoms with Crippen LogP contribution in [-0.4, -0.2) is 17.7 Å². The van der Waals surface area contributed by atoms with Crippen LogP contribution in [0.25, 0.3) is 0 Å². The molecule has 1 fully saturated rings. The second kappa shape index (κ2) is 6.37. The maximum absolute atomic E-state index is 9.49. The van der Waals surface area contributed by atoms with E-state index in [-0.39, 0.29) is 0 Å². The van der Waals surface area contributed by atoms with Crippen molar-refractivity contribution >= 4 is 11.5 Å². The number of hydrogen-bond acceptors (Lipinski definition) is 3. The highest BCUT2D eigenvalue weighted by atomic mass is 15.3.